The molecule has 0 amide bonds. The van der Waals surface area contributed by atoms with Gasteiger partial charge in [0.25, 0.3) is 0 Å². The Bertz CT molecular complexity index is 392. The van der Waals surface area contributed by atoms with E-state index in [0.29, 0.717) is 6.54 Å². The molecule has 0 aromatic heterocycles. The highest BCUT2D eigenvalue weighted by Crippen LogP contribution is 2.21. The molecule has 0 radical (unpaired) electrons. The van der Waals surface area contributed by atoms with Crippen LogP contribution in [0.2, 0.25) is 0 Å². The van der Waals surface area contributed by atoms with Gasteiger partial charge in [-0.1, -0.05) is 6.07 Å². The van der Waals surface area contributed by atoms with E-state index in [0.717, 1.165) is 18.7 Å². The van der Waals surface area contributed by atoms with E-state index < -0.39 is 6.10 Å². The molecule has 1 saturated heterocycles. The van der Waals surface area contributed by atoms with Crippen LogP contribution < -0.4 is 4.74 Å². The van der Waals surface area contributed by atoms with Crippen LogP contribution in [-0.4, -0.2) is 42.4 Å². The third-order valence-electron chi connectivity index (χ3n) is 3.49. The van der Waals surface area contributed by atoms with Gasteiger partial charge in [0.15, 0.2) is 0 Å². The zero-order chi connectivity index (χ0) is 12.4. The summed E-state index contributed by atoms with van der Waals surface area (Å²) in [7, 11) is 2.02. The highest BCUT2D eigenvalue weighted by molar-refractivity contribution is 5.34. The van der Waals surface area contributed by atoms with E-state index in [9.17, 15) is 5.11 Å². The van der Waals surface area contributed by atoms with Gasteiger partial charge in [-0.2, -0.15) is 0 Å². The van der Waals surface area contributed by atoms with Crippen LogP contribution in [-0.2, 0) is 0 Å². The lowest BCUT2D eigenvalue weighted by Gasteiger charge is -2.33. The van der Waals surface area contributed by atoms with Crippen LogP contribution in [0.25, 0.3) is 0 Å². The normalized spacial score (nSPS) is 25.9. The van der Waals surface area contributed by atoms with E-state index >= 15 is 0 Å². The summed E-state index contributed by atoms with van der Waals surface area (Å²) in [6, 6.07) is 6.08. The van der Waals surface area contributed by atoms with Gasteiger partial charge < -0.3 is 14.7 Å². The van der Waals surface area contributed by atoms with Crippen molar-refractivity contribution in [2.45, 2.75) is 32.5 Å². The maximum Gasteiger partial charge on any atom is 0.127 e. The van der Waals surface area contributed by atoms with Crippen molar-refractivity contribution in [1.29, 1.82) is 0 Å². The molecule has 3 heteroatoms. The Hall–Kier alpha value is -1.06. The molecule has 0 spiro atoms. The van der Waals surface area contributed by atoms with E-state index in [1.54, 1.807) is 0 Å². The summed E-state index contributed by atoms with van der Waals surface area (Å²) in [6.45, 7) is 5.83. The van der Waals surface area contributed by atoms with Crippen molar-refractivity contribution in [2.24, 2.45) is 0 Å². The number of hydrogen-bond donors (Lipinski definition) is 1. The molecule has 1 N–H and O–H groups in total. The number of nitrogens with zero attached hydrogens (tertiary/aromatic N) is 1. The van der Waals surface area contributed by atoms with Crippen molar-refractivity contribution in [3.8, 4) is 5.75 Å². The molecule has 2 rings (SSSR count). The molecule has 17 heavy (non-hydrogen) atoms. The fraction of sp³-hybridized carbons (Fsp3) is 0.571. The maximum absolute atomic E-state index is 9.96. The van der Waals surface area contributed by atoms with Gasteiger partial charge in [-0.15, -0.1) is 0 Å². The molecule has 1 heterocycles. The molecule has 1 aromatic carbocycles. The number of likely N-dealkylation sites (N-methyl/N-ethyl adjacent to an activating group) is 1. The molecular formula is C14H21NO2. The Morgan fingerprint density at radius 1 is 1.29 bits per heavy atom. The second kappa shape index (κ2) is 5.07. The molecule has 0 aliphatic carbocycles. The molecule has 2 unspecified atom stereocenters. The summed E-state index contributed by atoms with van der Waals surface area (Å²) in [4.78, 5) is 2.13. The predicted molar refractivity (Wildman–Crippen MR) is 68.5 cm³/mol. The van der Waals surface area contributed by atoms with E-state index in [-0.39, 0.29) is 6.10 Å². The average molecular weight is 235 g/mol. The van der Waals surface area contributed by atoms with Crippen LogP contribution in [0.3, 0.4) is 0 Å². The Balaban J connectivity index is 2.02. The molecule has 1 aliphatic rings. The summed E-state index contributed by atoms with van der Waals surface area (Å²) < 4.78 is 5.88. The van der Waals surface area contributed by atoms with Crippen molar-refractivity contribution < 1.29 is 9.84 Å². The van der Waals surface area contributed by atoms with Gasteiger partial charge in [0.05, 0.1) is 0 Å². The summed E-state index contributed by atoms with van der Waals surface area (Å²) in [5.74, 6) is 0.863. The lowest BCUT2D eigenvalue weighted by Crippen LogP contribution is -2.47. The molecule has 1 aliphatic heterocycles. The summed E-state index contributed by atoms with van der Waals surface area (Å²) in [5, 5.41) is 9.96. The first kappa shape index (κ1) is 12.4. The third kappa shape index (κ3) is 2.99. The second-order valence-electron chi connectivity index (χ2n) is 5.02. The molecule has 2 atom stereocenters. The van der Waals surface area contributed by atoms with Crippen LogP contribution in [0.4, 0.5) is 0 Å². The monoisotopic (exact) mass is 235 g/mol. The molecular weight excluding hydrogens is 214 g/mol. The first-order chi connectivity index (χ1) is 8.06. The Labute approximate surface area is 103 Å². The van der Waals surface area contributed by atoms with Gasteiger partial charge >= 0.3 is 0 Å². The fourth-order valence-corrected chi connectivity index (χ4v) is 2.17. The number of hydrogen-bond acceptors (Lipinski definition) is 3. The van der Waals surface area contributed by atoms with Gasteiger partial charge in [0.2, 0.25) is 0 Å². The van der Waals surface area contributed by atoms with E-state index in [1.807, 2.05) is 19.2 Å². The van der Waals surface area contributed by atoms with Crippen molar-refractivity contribution in [3.05, 3.63) is 29.3 Å². The number of aliphatic hydroxyl groups is 1. The fourth-order valence-electron chi connectivity index (χ4n) is 2.17. The smallest absolute Gasteiger partial charge is 0.127 e. The predicted octanol–water partition coefficient (Wildman–Crippen LogP) is 1.75. The number of aryl methyl sites for hydroxylation is 2. The van der Waals surface area contributed by atoms with E-state index in [4.69, 9.17) is 4.74 Å². The first-order valence-electron chi connectivity index (χ1n) is 6.17. The van der Waals surface area contributed by atoms with Crippen molar-refractivity contribution in [1.82, 2.24) is 4.90 Å². The lowest BCUT2D eigenvalue weighted by molar-refractivity contribution is -0.0182. The SMILES string of the molecule is Cc1ccc(OC2CCN(C)CC2O)cc1C. The summed E-state index contributed by atoms with van der Waals surface area (Å²) >= 11 is 0. The summed E-state index contributed by atoms with van der Waals surface area (Å²) in [5.41, 5.74) is 2.49. The minimum Gasteiger partial charge on any atom is -0.488 e. The van der Waals surface area contributed by atoms with Crippen LogP contribution in [0.15, 0.2) is 18.2 Å². The molecule has 0 saturated carbocycles. The summed E-state index contributed by atoms with van der Waals surface area (Å²) in [6.07, 6.45) is 0.411. The number of likely N-dealkylation sites (tertiary alicyclic amines) is 1. The third-order valence-corrected chi connectivity index (χ3v) is 3.49. The number of aliphatic hydroxyl groups excluding tert-OH is 1. The van der Waals surface area contributed by atoms with Crippen molar-refractivity contribution in [2.75, 3.05) is 20.1 Å². The molecule has 0 bridgehead atoms. The highest BCUT2D eigenvalue weighted by Gasteiger charge is 2.27. The minimum atomic E-state index is -0.393. The number of rotatable bonds is 2. The van der Waals surface area contributed by atoms with Gasteiger partial charge in [-0.25, -0.2) is 0 Å². The lowest BCUT2D eigenvalue weighted by atomic mass is 10.1. The van der Waals surface area contributed by atoms with Crippen LogP contribution in [0.1, 0.15) is 17.5 Å². The van der Waals surface area contributed by atoms with Gasteiger partial charge in [-0.05, 0) is 50.6 Å². The molecule has 1 fully saturated rings. The van der Waals surface area contributed by atoms with Crippen molar-refractivity contribution in [3.63, 3.8) is 0 Å². The van der Waals surface area contributed by atoms with Crippen LogP contribution in [0.5, 0.6) is 5.75 Å². The molecule has 3 nitrogen and oxygen atoms in total. The molecule has 1 aromatic rings. The Morgan fingerprint density at radius 2 is 2.06 bits per heavy atom. The number of piperidine rings is 1. The maximum atomic E-state index is 9.96. The minimum absolute atomic E-state index is 0.0756. The van der Waals surface area contributed by atoms with Crippen LogP contribution in [0, 0.1) is 13.8 Å². The number of ether oxygens (including phenoxy) is 1. The van der Waals surface area contributed by atoms with Gasteiger partial charge in [0.1, 0.15) is 18.0 Å². The van der Waals surface area contributed by atoms with Crippen LogP contribution >= 0.6 is 0 Å². The molecule has 94 valence electrons. The Morgan fingerprint density at radius 3 is 2.71 bits per heavy atom. The zero-order valence-electron chi connectivity index (χ0n) is 10.8. The average Bonchev–Trinajstić information content (AvgIpc) is 2.27. The largest absolute Gasteiger partial charge is 0.488 e. The van der Waals surface area contributed by atoms with Crippen molar-refractivity contribution >= 4 is 0 Å². The zero-order valence-corrected chi connectivity index (χ0v) is 10.8. The van der Waals surface area contributed by atoms with E-state index in [1.165, 1.54) is 11.1 Å². The second-order valence-corrected chi connectivity index (χ2v) is 5.02. The Kier molecular flexibility index (Phi) is 3.69. The standard InChI is InChI=1S/C14H21NO2/c1-10-4-5-12(8-11(10)2)17-14-6-7-15(3)9-13(14)16/h4-5,8,13-14,16H,6-7,9H2,1-3H3. The van der Waals surface area contributed by atoms with Gasteiger partial charge in [-0.3, -0.25) is 0 Å². The topological polar surface area (TPSA) is 32.7 Å². The highest BCUT2D eigenvalue weighted by atomic mass is 16.5. The van der Waals surface area contributed by atoms with Gasteiger partial charge in [0, 0.05) is 13.1 Å². The number of β-amino-alcohol motifs (C(OH)–C–C–N with tert-alkyl or cyclic N) is 1. The first-order valence-corrected chi connectivity index (χ1v) is 6.17. The number of benzene rings is 1. The van der Waals surface area contributed by atoms with E-state index in [2.05, 4.69) is 24.8 Å². The quantitative estimate of drug-likeness (QED) is 0.847.